The lowest BCUT2D eigenvalue weighted by atomic mass is 10.1. The monoisotopic (exact) mass is 336 g/mol. The Labute approximate surface area is 138 Å². The summed E-state index contributed by atoms with van der Waals surface area (Å²) in [7, 11) is -1.86. The average molecular weight is 336 g/mol. The molecule has 126 valence electrons. The molecular formula is C16H24N4O2S. The molecule has 6 nitrogen and oxygen atoms in total. The maximum Gasteiger partial charge on any atom is 0.243 e. The minimum atomic E-state index is -3.55. The van der Waals surface area contributed by atoms with Crippen LogP contribution in [0.5, 0.6) is 0 Å². The van der Waals surface area contributed by atoms with Gasteiger partial charge in [-0.3, -0.25) is 9.58 Å². The smallest absolute Gasteiger partial charge is 0.243 e. The lowest BCUT2D eigenvalue weighted by Gasteiger charge is -2.30. The highest BCUT2D eigenvalue weighted by atomic mass is 32.2. The van der Waals surface area contributed by atoms with Crippen molar-refractivity contribution in [3.8, 4) is 0 Å². The van der Waals surface area contributed by atoms with Crippen LogP contribution in [0.2, 0.25) is 0 Å². The van der Waals surface area contributed by atoms with E-state index >= 15 is 0 Å². The molecule has 7 heteroatoms. The van der Waals surface area contributed by atoms with Crippen molar-refractivity contribution in [2.45, 2.75) is 24.8 Å². The van der Waals surface area contributed by atoms with Crippen LogP contribution in [-0.2, 0) is 17.1 Å². The molecule has 0 aliphatic heterocycles. The Kier molecular flexibility index (Phi) is 5.92. The normalized spacial score (nSPS) is 13.4. The molecule has 0 saturated heterocycles. The maximum absolute atomic E-state index is 12.4. The summed E-state index contributed by atoms with van der Waals surface area (Å²) in [4.78, 5) is 2.42. The van der Waals surface area contributed by atoms with Crippen LogP contribution in [0.25, 0.3) is 0 Å². The number of nitrogens with zero attached hydrogens (tertiary/aromatic N) is 3. The third-order valence-corrected chi connectivity index (χ3v) is 5.27. The van der Waals surface area contributed by atoms with E-state index in [0.29, 0.717) is 6.54 Å². The van der Waals surface area contributed by atoms with Crippen molar-refractivity contribution in [3.63, 3.8) is 0 Å². The van der Waals surface area contributed by atoms with Crippen molar-refractivity contribution in [2.24, 2.45) is 7.05 Å². The van der Waals surface area contributed by atoms with Gasteiger partial charge < -0.3 is 0 Å². The largest absolute Gasteiger partial charge is 0.296 e. The average Bonchev–Trinajstić information content (AvgIpc) is 2.99. The zero-order valence-electron chi connectivity index (χ0n) is 13.8. The molecule has 0 amide bonds. The second kappa shape index (κ2) is 7.72. The first kappa shape index (κ1) is 17.7. The number of hydrogen-bond donors (Lipinski definition) is 1. The fraction of sp³-hybridized carbons (Fsp3) is 0.438. The zero-order chi connectivity index (χ0) is 16.9. The zero-order valence-corrected chi connectivity index (χ0v) is 14.6. The Balaban J connectivity index is 2.18. The van der Waals surface area contributed by atoms with Crippen LogP contribution in [-0.4, -0.2) is 42.7 Å². The number of rotatable bonds is 8. The summed E-state index contributed by atoms with van der Waals surface area (Å²) in [6.07, 6.45) is 2.86. The molecule has 2 aromatic rings. The van der Waals surface area contributed by atoms with Gasteiger partial charge in [-0.2, -0.15) is 5.10 Å². The summed E-state index contributed by atoms with van der Waals surface area (Å²) in [5, 5.41) is 3.92. The Bertz CT molecular complexity index is 709. The molecule has 0 saturated carbocycles. The number of benzene rings is 1. The van der Waals surface area contributed by atoms with Gasteiger partial charge in [0.05, 0.1) is 6.20 Å². The predicted octanol–water partition coefficient (Wildman–Crippen LogP) is 1.78. The third kappa shape index (κ3) is 4.40. The molecule has 0 aliphatic rings. The summed E-state index contributed by atoms with van der Waals surface area (Å²) < 4.78 is 29.0. The van der Waals surface area contributed by atoms with Crippen LogP contribution >= 0.6 is 0 Å². The summed E-state index contributed by atoms with van der Waals surface area (Å²) in [6.45, 7) is 6.18. The van der Waals surface area contributed by atoms with Gasteiger partial charge >= 0.3 is 0 Å². The number of nitrogens with one attached hydrogen (secondary N) is 1. The van der Waals surface area contributed by atoms with Crippen LogP contribution in [0.15, 0.2) is 47.6 Å². The van der Waals surface area contributed by atoms with Gasteiger partial charge in [0.15, 0.2) is 0 Å². The molecule has 0 aliphatic carbocycles. The summed E-state index contributed by atoms with van der Waals surface area (Å²) >= 11 is 0. The molecule has 0 spiro atoms. The van der Waals surface area contributed by atoms with Crippen molar-refractivity contribution in [1.82, 2.24) is 19.4 Å². The van der Waals surface area contributed by atoms with Crippen molar-refractivity contribution in [3.05, 3.63) is 48.3 Å². The Hall–Kier alpha value is -1.70. The Morgan fingerprint density at radius 2 is 1.87 bits per heavy atom. The van der Waals surface area contributed by atoms with Crippen LogP contribution in [0, 0.1) is 0 Å². The van der Waals surface area contributed by atoms with E-state index in [0.717, 1.165) is 18.7 Å². The van der Waals surface area contributed by atoms with E-state index in [1.807, 2.05) is 30.3 Å². The topological polar surface area (TPSA) is 67.2 Å². The number of aromatic nitrogens is 2. The molecule has 2 rings (SSSR count). The number of likely N-dealkylation sites (N-methyl/N-ethyl adjacent to an activating group) is 1. The molecule has 1 aromatic carbocycles. The summed E-state index contributed by atoms with van der Waals surface area (Å²) in [6, 6.07) is 9.96. The first-order valence-corrected chi connectivity index (χ1v) is 9.23. The first-order chi connectivity index (χ1) is 11.0. The lowest BCUT2D eigenvalue weighted by molar-refractivity contribution is 0.220. The van der Waals surface area contributed by atoms with E-state index in [9.17, 15) is 8.42 Å². The SMILES string of the molecule is CCN(CC)[C@H](CNS(=O)(=O)c1cnn(C)c1)c1ccccc1. The number of sulfonamides is 1. The van der Waals surface area contributed by atoms with Crippen molar-refractivity contribution < 1.29 is 8.42 Å². The Morgan fingerprint density at radius 3 is 2.39 bits per heavy atom. The molecule has 1 heterocycles. The molecule has 1 atom stereocenters. The van der Waals surface area contributed by atoms with Gasteiger partial charge in [-0.05, 0) is 18.7 Å². The van der Waals surface area contributed by atoms with E-state index in [4.69, 9.17) is 0 Å². The summed E-state index contributed by atoms with van der Waals surface area (Å²) in [5.41, 5.74) is 1.10. The van der Waals surface area contributed by atoms with Gasteiger partial charge in [0.25, 0.3) is 0 Å². The molecule has 1 N–H and O–H groups in total. The number of hydrogen-bond acceptors (Lipinski definition) is 4. The molecule has 1 aromatic heterocycles. The van der Waals surface area contributed by atoms with E-state index in [1.54, 1.807) is 7.05 Å². The fourth-order valence-corrected chi connectivity index (χ4v) is 3.63. The molecule has 0 bridgehead atoms. The highest BCUT2D eigenvalue weighted by Gasteiger charge is 2.22. The quantitative estimate of drug-likeness (QED) is 0.798. The van der Waals surface area contributed by atoms with E-state index in [2.05, 4.69) is 28.6 Å². The van der Waals surface area contributed by atoms with Crippen LogP contribution in [0.4, 0.5) is 0 Å². The van der Waals surface area contributed by atoms with Crippen LogP contribution in [0.3, 0.4) is 0 Å². The first-order valence-electron chi connectivity index (χ1n) is 7.75. The third-order valence-electron chi connectivity index (χ3n) is 3.90. The Morgan fingerprint density at radius 1 is 1.22 bits per heavy atom. The summed E-state index contributed by atoms with van der Waals surface area (Å²) in [5.74, 6) is 0. The van der Waals surface area contributed by atoms with E-state index in [-0.39, 0.29) is 10.9 Å². The fourth-order valence-electron chi connectivity index (χ4n) is 2.61. The highest BCUT2D eigenvalue weighted by molar-refractivity contribution is 7.89. The number of aryl methyl sites for hydroxylation is 1. The second-order valence-electron chi connectivity index (χ2n) is 5.35. The van der Waals surface area contributed by atoms with Crippen molar-refractivity contribution in [2.75, 3.05) is 19.6 Å². The van der Waals surface area contributed by atoms with Gasteiger partial charge in [0, 0.05) is 25.8 Å². The highest BCUT2D eigenvalue weighted by Crippen LogP contribution is 2.20. The minimum Gasteiger partial charge on any atom is -0.296 e. The van der Waals surface area contributed by atoms with Gasteiger partial charge in [0.1, 0.15) is 4.90 Å². The standard InChI is InChI=1S/C16H24N4O2S/c1-4-20(5-2)16(14-9-7-6-8-10-14)12-18-23(21,22)15-11-17-19(3)13-15/h6-11,13,16,18H,4-5,12H2,1-3H3/t16-/m1/s1. The molecular weight excluding hydrogens is 312 g/mol. The van der Waals surface area contributed by atoms with Gasteiger partial charge in [-0.1, -0.05) is 44.2 Å². The lowest BCUT2D eigenvalue weighted by Crippen LogP contribution is -2.38. The second-order valence-corrected chi connectivity index (χ2v) is 7.12. The molecule has 0 unspecified atom stereocenters. The maximum atomic E-state index is 12.4. The van der Waals surface area contributed by atoms with Gasteiger partial charge in [0.2, 0.25) is 10.0 Å². The van der Waals surface area contributed by atoms with Crippen LogP contribution in [0.1, 0.15) is 25.5 Å². The molecule has 0 radical (unpaired) electrons. The molecule has 0 fully saturated rings. The predicted molar refractivity (Wildman–Crippen MR) is 90.5 cm³/mol. The van der Waals surface area contributed by atoms with E-state index < -0.39 is 10.0 Å². The van der Waals surface area contributed by atoms with Crippen molar-refractivity contribution >= 4 is 10.0 Å². The van der Waals surface area contributed by atoms with Crippen LogP contribution < -0.4 is 4.72 Å². The molecule has 23 heavy (non-hydrogen) atoms. The van der Waals surface area contributed by atoms with Gasteiger partial charge in [-0.15, -0.1) is 0 Å². The van der Waals surface area contributed by atoms with E-state index in [1.165, 1.54) is 17.1 Å². The van der Waals surface area contributed by atoms with Gasteiger partial charge in [-0.25, -0.2) is 13.1 Å². The van der Waals surface area contributed by atoms with Crippen molar-refractivity contribution in [1.29, 1.82) is 0 Å². The minimum absolute atomic E-state index is 0.00218.